The molecule has 0 aromatic carbocycles. The molecular weight excluding hydrogens is 222 g/mol. The van der Waals surface area contributed by atoms with Crippen molar-refractivity contribution in [3.8, 4) is 0 Å². The Bertz CT molecular complexity index is 364. The molecule has 1 amide bonds. The van der Waals surface area contributed by atoms with Crippen molar-refractivity contribution >= 4 is 11.9 Å². The highest BCUT2D eigenvalue weighted by atomic mass is 16.5. The zero-order chi connectivity index (χ0) is 12.0. The molecule has 3 rings (SSSR count). The minimum atomic E-state index is -0.691. The second-order valence-electron chi connectivity index (χ2n) is 5.57. The molecule has 0 bridgehead atoms. The van der Waals surface area contributed by atoms with Crippen molar-refractivity contribution in [3.05, 3.63) is 0 Å². The Kier molecular flexibility index (Phi) is 2.40. The number of rotatable bonds is 3. The maximum absolute atomic E-state index is 11.9. The SMILES string of the molecule is O=C(N[C@H]1C[C@@H]2C[C@]2(C(=O)O)C1)[C@@H]1CCOC1. The Hall–Kier alpha value is -1.10. The summed E-state index contributed by atoms with van der Waals surface area (Å²) in [6.45, 7) is 1.16. The van der Waals surface area contributed by atoms with Crippen molar-refractivity contribution in [2.45, 2.75) is 31.7 Å². The highest BCUT2D eigenvalue weighted by Crippen LogP contribution is 2.63. The van der Waals surface area contributed by atoms with Crippen LogP contribution in [0.3, 0.4) is 0 Å². The van der Waals surface area contributed by atoms with Crippen LogP contribution in [0.25, 0.3) is 0 Å². The summed E-state index contributed by atoms with van der Waals surface area (Å²) in [5, 5.41) is 12.1. The molecule has 0 aromatic heterocycles. The van der Waals surface area contributed by atoms with Crippen LogP contribution in [0, 0.1) is 17.3 Å². The average Bonchev–Trinajstić information content (AvgIpc) is 2.72. The Morgan fingerprint density at radius 2 is 2.18 bits per heavy atom. The van der Waals surface area contributed by atoms with Crippen molar-refractivity contribution in [1.82, 2.24) is 5.32 Å². The molecule has 0 unspecified atom stereocenters. The normalized spacial score (nSPS) is 43.2. The first-order valence-corrected chi connectivity index (χ1v) is 6.23. The average molecular weight is 239 g/mol. The third-order valence-corrected chi connectivity index (χ3v) is 4.48. The van der Waals surface area contributed by atoms with Crippen LogP contribution in [-0.2, 0) is 14.3 Å². The van der Waals surface area contributed by atoms with E-state index in [1.807, 2.05) is 0 Å². The fourth-order valence-corrected chi connectivity index (χ4v) is 3.33. The van der Waals surface area contributed by atoms with Gasteiger partial charge < -0.3 is 15.2 Å². The quantitative estimate of drug-likeness (QED) is 0.747. The van der Waals surface area contributed by atoms with E-state index in [0.717, 1.165) is 19.3 Å². The standard InChI is InChI=1S/C12H17NO4/c14-10(7-1-2-17-6-7)13-9-3-8-4-12(8,5-9)11(15)16/h7-9H,1-6H2,(H,13,14)(H,15,16)/t7-,8-,9+,12+/m1/s1. The van der Waals surface area contributed by atoms with E-state index in [1.54, 1.807) is 0 Å². The number of hydrogen-bond acceptors (Lipinski definition) is 3. The van der Waals surface area contributed by atoms with Crippen LogP contribution < -0.4 is 5.32 Å². The van der Waals surface area contributed by atoms with Gasteiger partial charge in [0.25, 0.3) is 0 Å². The summed E-state index contributed by atoms with van der Waals surface area (Å²) < 4.78 is 5.18. The molecule has 94 valence electrons. The van der Waals surface area contributed by atoms with Crippen LogP contribution in [0.15, 0.2) is 0 Å². The van der Waals surface area contributed by atoms with Crippen LogP contribution in [0.1, 0.15) is 25.7 Å². The molecule has 2 aliphatic carbocycles. The summed E-state index contributed by atoms with van der Waals surface area (Å²) >= 11 is 0. The molecule has 4 atom stereocenters. The molecule has 5 nitrogen and oxygen atoms in total. The number of amides is 1. The Morgan fingerprint density at radius 1 is 1.35 bits per heavy atom. The molecule has 17 heavy (non-hydrogen) atoms. The van der Waals surface area contributed by atoms with Crippen molar-refractivity contribution in [1.29, 1.82) is 0 Å². The molecular formula is C12H17NO4. The zero-order valence-electron chi connectivity index (χ0n) is 9.65. The zero-order valence-corrected chi connectivity index (χ0v) is 9.65. The van der Waals surface area contributed by atoms with Crippen LogP contribution in [0.5, 0.6) is 0 Å². The van der Waals surface area contributed by atoms with Gasteiger partial charge in [0.2, 0.25) is 5.91 Å². The highest BCUT2D eigenvalue weighted by Gasteiger charge is 2.65. The van der Waals surface area contributed by atoms with Gasteiger partial charge in [-0.25, -0.2) is 0 Å². The van der Waals surface area contributed by atoms with Gasteiger partial charge in [-0.05, 0) is 31.6 Å². The summed E-state index contributed by atoms with van der Waals surface area (Å²) in [6.07, 6.45) is 3.01. The molecule has 0 aromatic rings. The first-order chi connectivity index (χ1) is 8.12. The molecule has 3 aliphatic rings. The van der Waals surface area contributed by atoms with E-state index in [4.69, 9.17) is 9.84 Å². The minimum absolute atomic E-state index is 0.0345. The van der Waals surface area contributed by atoms with Crippen LogP contribution in [0.2, 0.25) is 0 Å². The number of carboxylic acids is 1. The first-order valence-electron chi connectivity index (χ1n) is 6.23. The number of carbonyl (C=O) groups is 2. The van der Waals surface area contributed by atoms with Crippen LogP contribution >= 0.6 is 0 Å². The first kappa shape index (κ1) is 11.0. The van der Waals surface area contributed by atoms with Crippen LogP contribution in [0.4, 0.5) is 0 Å². The second kappa shape index (κ2) is 3.70. The summed E-state index contributed by atoms with van der Waals surface area (Å²) in [6, 6.07) is 0.0537. The minimum Gasteiger partial charge on any atom is -0.481 e. The van der Waals surface area contributed by atoms with Crippen molar-refractivity contribution in [2.24, 2.45) is 17.3 Å². The van der Waals surface area contributed by atoms with Gasteiger partial charge in [0.1, 0.15) is 0 Å². The third-order valence-electron chi connectivity index (χ3n) is 4.48. The fraction of sp³-hybridized carbons (Fsp3) is 0.833. The summed E-state index contributed by atoms with van der Waals surface area (Å²) in [4.78, 5) is 23.0. The van der Waals surface area contributed by atoms with Gasteiger partial charge in [0.15, 0.2) is 0 Å². The third kappa shape index (κ3) is 1.73. The number of nitrogens with one attached hydrogen (secondary N) is 1. The maximum Gasteiger partial charge on any atom is 0.310 e. The van der Waals surface area contributed by atoms with E-state index in [-0.39, 0.29) is 23.8 Å². The predicted octanol–water partition coefficient (Wildman–Crippen LogP) is 0.392. The molecule has 0 spiro atoms. The fourth-order valence-electron chi connectivity index (χ4n) is 3.33. The monoisotopic (exact) mass is 239 g/mol. The van der Waals surface area contributed by atoms with Gasteiger partial charge in [-0.3, -0.25) is 9.59 Å². The lowest BCUT2D eigenvalue weighted by atomic mass is 10.0. The van der Waals surface area contributed by atoms with Gasteiger partial charge in [-0.2, -0.15) is 0 Å². The molecule has 2 N–H and O–H groups in total. The highest BCUT2D eigenvalue weighted by molar-refractivity contribution is 5.81. The van der Waals surface area contributed by atoms with Gasteiger partial charge in [0, 0.05) is 12.6 Å². The summed E-state index contributed by atoms with van der Waals surface area (Å²) in [7, 11) is 0. The summed E-state index contributed by atoms with van der Waals surface area (Å²) in [5.74, 6) is -0.407. The Labute approximate surface area is 99.5 Å². The predicted molar refractivity (Wildman–Crippen MR) is 58.3 cm³/mol. The number of aliphatic carboxylic acids is 1. The molecule has 5 heteroatoms. The van der Waals surface area contributed by atoms with Crippen LogP contribution in [-0.4, -0.2) is 36.2 Å². The number of carboxylic acid groups (broad SMARTS) is 1. The largest absolute Gasteiger partial charge is 0.481 e. The lowest BCUT2D eigenvalue weighted by Crippen LogP contribution is -2.39. The lowest BCUT2D eigenvalue weighted by molar-refractivity contribution is -0.144. The molecule has 1 aliphatic heterocycles. The van der Waals surface area contributed by atoms with E-state index in [9.17, 15) is 9.59 Å². The number of fused-ring (bicyclic) bond motifs is 1. The van der Waals surface area contributed by atoms with Gasteiger partial charge in [-0.1, -0.05) is 0 Å². The Morgan fingerprint density at radius 3 is 2.76 bits per heavy atom. The van der Waals surface area contributed by atoms with Crippen molar-refractivity contribution in [3.63, 3.8) is 0 Å². The molecule has 2 saturated carbocycles. The topological polar surface area (TPSA) is 75.6 Å². The van der Waals surface area contributed by atoms with E-state index in [0.29, 0.717) is 19.6 Å². The maximum atomic E-state index is 11.9. The molecule has 3 fully saturated rings. The lowest BCUT2D eigenvalue weighted by Gasteiger charge is -2.18. The Balaban J connectivity index is 1.54. The summed E-state index contributed by atoms with van der Waals surface area (Å²) in [5.41, 5.74) is -0.510. The second-order valence-corrected chi connectivity index (χ2v) is 5.57. The molecule has 0 radical (unpaired) electrons. The number of ether oxygens (including phenoxy) is 1. The smallest absolute Gasteiger partial charge is 0.310 e. The molecule has 1 heterocycles. The van der Waals surface area contributed by atoms with E-state index in [1.165, 1.54) is 0 Å². The van der Waals surface area contributed by atoms with E-state index in [2.05, 4.69) is 5.32 Å². The van der Waals surface area contributed by atoms with Gasteiger partial charge in [0.05, 0.1) is 17.9 Å². The van der Waals surface area contributed by atoms with Crippen molar-refractivity contribution in [2.75, 3.05) is 13.2 Å². The van der Waals surface area contributed by atoms with Crippen molar-refractivity contribution < 1.29 is 19.4 Å². The van der Waals surface area contributed by atoms with E-state index >= 15 is 0 Å². The van der Waals surface area contributed by atoms with Gasteiger partial charge >= 0.3 is 5.97 Å². The molecule has 1 saturated heterocycles. The number of carbonyl (C=O) groups excluding carboxylic acids is 1. The van der Waals surface area contributed by atoms with Gasteiger partial charge in [-0.15, -0.1) is 0 Å². The van der Waals surface area contributed by atoms with E-state index < -0.39 is 11.4 Å². The number of hydrogen-bond donors (Lipinski definition) is 2.